The summed E-state index contributed by atoms with van der Waals surface area (Å²) in [5, 5.41) is 4.69. The predicted molar refractivity (Wildman–Crippen MR) is 475 cm³/mol. The van der Waals surface area contributed by atoms with Crippen LogP contribution in [-0.4, -0.2) is 23.6 Å². The highest BCUT2D eigenvalue weighted by Gasteiger charge is 2.46. The van der Waals surface area contributed by atoms with Crippen molar-refractivity contribution < 1.29 is 0 Å². The van der Waals surface area contributed by atoms with E-state index in [1.807, 2.05) is 0 Å². The maximum Gasteiger partial charge on any atom is 0.333 e. The third-order valence-electron chi connectivity index (χ3n) is 22.9. The maximum atomic E-state index is 4.34. The Bertz CT molecular complexity index is 6640. The Kier molecular flexibility index (Phi) is 15.3. The van der Waals surface area contributed by atoms with Crippen LogP contribution in [0.1, 0.15) is 0 Å². The van der Waals surface area contributed by atoms with Gasteiger partial charge in [-0.2, -0.15) is 0 Å². The summed E-state index contributed by atoms with van der Waals surface area (Å²) in [6, 6.07) is 152. The molecule has 8 nitrogen and oxygen atoms in total. The first-order valence-corrected chi connectivity index (χ1v) is 38.6. The first-order valence-electron chi connectivity index (χ1n) is 38.6. The molecule has 0 atom stereocenters. The topological polar surface area (TPSA) is 40.2 Å². The highest BCUT2D eigenvalue weighted by molar-refractivity contribution is 6.90. The van der Waals surface area contributed by atoms with Crippen molar-refractivity contribution in [3.8, 4) is 22.3 Å². The summed E-state index contributed by atoms with van der Waals surface area (Å²) in [6.07, 6.45) is 0. The van der Waals surface area contributed by atoms with Crippen molar-refractivity contribution in [2.24, 2.45) is 0 Å². The van der Waals surface area contributed by atoms with Gasteiger partial charge in [0.2, 0.25) is 0 Å². The summed E-state index contributed by atoms with van der Waals surface area (Å²) in [7, 11) is 0.641. The molecule has 17 aromatic carbocycles. The molecule has 0 unspecified atom stereocenters. The smallest absolute Gasteiger partial charge is 0.333 e. The first-order chi connectivity index (χ1) is 55.6. The molecule has 3 aliphatic rings. The minimum Gasteiger partial charge on any atom is -0.375 e. The average Bonchev–Trinajstić information content (AvgIpc) is 1.46. The lowest BCUT2D eigenvalue weighted by Crippen LogP contribution is -2.56. The molecule has 10 heteroatoms. The van der Waals surface area contributed by atoms with Crippen LogP contribution in [0.25, 0.3) is 65.9 Å². The molecule has 0 amide bonds. The van der Waals surface area contributed by atoms with Gasteiger partial charge in [-0.15, -0.1) is 0 Å². The second kappa shape index (κ2) is 26.6. The molecule has 3 aliphatic heterocycles. The standard InChI is InChI=1S/C102H70B2N8/c1-11-35-69(36-12-1)106(70-37-13-2-14-38-70)79-59-61-87-91(65-79)110(77-51-27-9-28-52-77)93-67-81(108(73-43-19-5-20-44-73)74-45-21-6-22-46-74)63-85(99(93)103-87)96-97-84-56-32-34-58-90(84)112-102(97)98(95-83-55-31-33-57-89(83)105-101(95)96)86-64-82(109(75-47-23-7-24-48-75)76-49-25-8-26-50-76)68-94-100(86)104(112)88-62-60-80(66-92(88)111(94)78-53-29-10-30-54-78)107(71-39-15-3-16-40-71)72-41-17-4-18-42-72/h1-68,103,105H. The minimum atomic E-state index is -0.329. The van der Waals surface area contributed by atoms with Gasteiger partial charge >= 0.3 is 6.85 Å². The third-order valence-corrected chi connectivity index (χ3v) is 22.9. The molecular weight excluding hydrogens is 1360 g/mol. The Morgan fingerprint density at radius 3 is 1.13 bits per heavy atom. The van der Waals surface area contributed by atoms with Gasteiger partial charge in [-0.05, 0) is 210 Å². The average molecular weight is 1430 g/mol. The zero-order valence-electron chi connectivity index (χ0n) is 61.2. The number of anilines is 18. The number of aromatic amines is 1. The van der Waals surface area contributed by atoms with E-state index in [0.29, 0.717) is 7.28 Å². The molecule has 524 valence electrons. The monoisotopic (exact) mass is 1430 g/mol. The summed E-state index contributed by atoms with van der Waals surface area (Å²) in [4.78, 5) is 19.2. The summed E-state index contributed by atoms with van der Waals surface area (Å²) in [6.45, 7) is -0.329. The molecule has 112 heavy (non-hydrogen) atoms. The van der Waals surface area contributed by atoms with Gasteiger partial charge in [-0.1, -0.05) is 236 Å². The van der Waals surface area contributed by atoms with Crippen LogP contribution >= 0.6 is 0 Å². The van der Waals surface area contributed by atoms with Crippen LogP contribution in [0.15, 0.2) is 413 Å². The Morgan fingerprint density at radius 2 is 0.652 bits per heavy atom. The molecule has 2 aromatic heterocycles. The van der Waals surface area contributed by atoms with E-state index in [4.69, 9.17) is 0 Å². The van der Waals surface area contributed by atoms with Gasteiger partial charge in [-0.25, -0.2) is 0 Å². The van der Waals surface area contributed by atoms with Crippen molar-refractivity contribution in [3.63, 3.8) is 0 Å². The molecule has 0 saturated carbocycles. The lowest BCUT2D eigenvalue weighted by atomic mass is 9.45. The van der Waals surface area contributed by atoms with Crippen molar-refractivity contribution in [1.82, 2.24) is 9.46 Å². The lowest BCUT2D eigenvalue weighted by molar-refractivity contribution is 1.22. The van der Waals surface area contributed by atoms with Gasteiger partial charge in [-0.3, -0.25) is 0 Å². The number of fused-ring (bicyclic) bond motifs is 13. The Labute approximate surface area is 651 Å². The zero-order valence-corrected chi connectivity index (χ0v) is 61.2. The Balaban J connectivity index is 0.892. The van der Waals surface area contributed by atoms with Crippen LogP contribution in [0.3, 0.4) is 0 Å². The highest BCUT2D eigenvalue weighted by atomic mass is 15.2. The van der Waals surface area contributed by atoms with Crippen molar-refractivity contribution in [2.45, 2.75) is 0 Å². The van der Waals surface area contributed by atoms with Crippen molar-refractivity contribution in [3.05, 3.63) is 413 Å². The van der Waals surface area contributed by atoms with Crippen LogP contribution in [0.2, 0.25) is 0 Å². The van der Waals surface area contributed by atoms with E-state index in [9.17, 15) is 0 Å². The quantitative estimate of drug-likeness (QED) is 0.103. The molecule has 0 fully saturated rings. The summed E-state index contributed by atoms with van der Waals surface area (Å²) >= 11 is 0. The normalized spacial score (nSPS) is 12.3. The van der Waals surface area contributed by atoms with Crippen molar-refractivity contribution in [1.29, 1.82) is 0 Å². The molecule has 22 rings (SSSR count). The highest BCUT2D eigenvalue weighted by Crippen LogP contribution is 2.57. The van der Waals surface area contributed by atoms with Crippen molar-refractivity contribution in [2.75, 3.05) is 29.4 Å². The number of para-hydroxylation sites is 12. The van der Waals surface area contributed by atoms with Gasteiger partial charge < -0.3 is 38.9 Å². The van der Waals surface area contributed by atoms with Gasteiger partial charge in [0.05, 0.1) is 5.52 Å². The fraction of sp³-hybridized carbons (Fsp3) is 0. The van der Waals surface area contributed by atoms with Crippen molar-refractivity contribution >= 4 is 182 Å². The van der Waals surface area contributed by atoms with Crippen LogP contribution in [0.5, 0.6) is 0 Å². The molecule has 5 heterocycles. The number of aromatic nitrogens is 2. The zero-order chi connectivity index (χ0) is 73.7. The molecule has 0 bridgehead atoms. The summed E-state index contributed by atoms with van der Waals surface area (Å²) in [5.41, 5.74) is 33.3. The fourth-order valence-corrected chi connectivity index (χ4v) is 18.3. The maximum absolute atomic E-state index is 4.34. The van der Waals surface area contributed by atoms with E-state index < -0.39 is 0 Å². The van der Waals surface area contributed by atoms with E-state index in [2.05, 4.69) is 451 Å². The van der Waals surface area contributed by atoms with E-state index in [-0.39, 0.29) is 6.85 Å². The third kappa shape index (κ3) is 10.4. The van der Waals surface area contributed by atoms with Crippen LogP contribution in [-0.2, 0) is 0 Å². The van der Waals surface area contributed by atoms with E-state index >= 15 is 0 Å². The molecular formula is C102H70B2N8. The number of rotatable bonds is 15. The van der Waals surface area contributed by atoms with Crippen LogP contribution in [0.4, 0.5) is 102 Å². The van der Waals surface area contributed by atoms with Crippen LogP contribution in [0, 0.1) is 0 Å². The van der Waals surface area contributed by atoms with E-state index in [1.54, 1.807) is 0 Å². The first kappa shape index (κ1) is 64.4. The second-order valence-electron chi connectivity index (χ2n) is 29.2. The Morgan fingerprint density at radius 1 is 0.277 bits per heavy atom. The molecule has 0 radical (unpaired) electrons. The summed E-state index contributed by atoms with van der Waals surface area (Å²) in [5.74, 6) is 0. The largest absolute Gasteiger partial charge is 0.375 e. The predicted octanol–water partition coefficient (Wildman–Crippen LogP) is 24.6. The molecule has 0 spiro atoms. The Hall–Kier alpha value is -14.7. The number of benzene rings is 17. The van der Waals surface area contributed by atoms with E-state index in [1.165, 1.54) is 54.7 Å². The summed E-state index contributed by atoms with van der Waals surface area (Å²) < 4.78 is 2.77. The molecule has 19 aromatic rings. The number of hydrogen-bond acceptors (Lipinski definition) is 6. The van der Waals surface area contributed by atoms with Gasteiger partial charge in [0.1, 0.15) is 0 Å². The lowest BCUT2D eigenvalue weighted by Gasteiger charge is -2.42. The fourth-order valence-electron chi connectivity index (χ4n) is 18.3. The molecule has 0 saturated heterocycles. The second-order valence-corrected chi connectivity index (χ2v) is 29.2. The van der Waals surface area contributed by atoms with Crippen LogP contribution < -0.4 is 51.3 Å². The van der Waals surface area contributed by atoms with Gasteiger partial charge in [0.25, 0.3) is 0 Å². The molecule has 0 aliphatic carbocycles. The number of nitrogens with zero attached hydrogens (tertiary/aromatic N) is 7. The number of H-pyrrole nitrogens is 1. The SMILES string of the molecule is B1c2ccc(N(c3ccccc3)c3ccccc3)cc2N(c2ccccc2)c2cc(N(c3ccccc3)c3ccccc3)cc(-c3c4[nH]c5ccccc5c4c4c5c3c3ccccc3n5B3c5ccc(N(c6ccccc6)c6ccccc6)cc5N(c5ccccc5)c5cc(N(c6ccccc6)c6ccccc6)cc-4c53)c21. The van der Waals surface area contributed by atoms with Gasteiger partial charge in [0, 0.05) is 152 Å². The van der Waals surface area contributed by atoms with E-state index in [0.717, 1.165) is 135 Å². The van der Waals surface area contributed by atoms with Gasteiger partial charge in [0.15, 0.2) is 7.28 Å². The molecule has 1 N–H and O–H groups in total. The number of hydrogen-bond donors (Lipinski definition) is 1. The minimum absolute atomic E-state index is 0.329. The number of nitrogens with one attached hydrogen (secondary N) is 1.